The fraction of sp³-hybridized carbons (Fsp3) is 0.393. The lowest BCUT2D eigenvalue weighted by molar-refractivity contribution is -0.160. The van der Waals surface area contributed by atoms with Gasteiger partial charge >= 0.3 is 11.9 Å². The number of rotatable bonds is 7. The molecule has 1 aliphatic heterocycles. The van der Waals surface area contributed by atoms with Gasteiger partial charge in [-0.2, -0.15) is 0 Å². The van der Waals surface area contributed by atoms with Crippen molar-refractivity contribution in [1.29, 1.82) is 0 Å². The van der Waals surface area contributed by atoms with Crippen molar-refractivity contribution in [3.8, 4) is 0 Å². The molecule has 1 N–H and O–H groups in total. The number of aliphatic hydroxyl groups excluding tert-OH is 1. The summed E-state index contributed by atoms with van der Waals surface area (Å²) in [6, 6.07) is 18.3. The summed E-state index contributed by atoms with van der Waals surface area (Å²) in [5, 5.41) is 11.2. The van der Waals surface area contributed by atoms with E-state index in [1.54, 1.807) is 11.8 Å². The number of carbonyl (C=O) groups is 3. The SMILES string of the molecule is CCCN1C[C@H]([C@@H](C)O)[C@]2(c3ccccc3)C(c3ccccc3)=C(C(=O)OC)C(=O)[C@]12C(=O)OC. The number of esters is 2. The van der Waals surface area contributed by atoms with Crippen LogP contribution < -0.4 is 0 Å². The van der Waals surface area contributed by atoms with Crippen LogP contribution in [0.3, 0.4) is 0 Å². The summed E-state index contributed by atoms with van der Waals surface area (Å²) >= 11 is 0. The molecule has 0 saturated carbocycles. The maximum atomic E-state index is 14.5. The number of benzene rings is 2. The molecule has 184 valence electrons. The van der Waals surface area contributed by atoms with Gasteiger partial charge in [-0.05, 0) is 36.6 Å². The molecular weight excluding hydrogens is 446 g/mol. The van der Waals surface area contributed by atoms with Gasteiger partial charge in [0.05, 0.1) is 25.7 Å². The van der Waals surface area contributed by atoms with Crippen LogP contribution in [0.15, 0.2) is 66.2 Å². The fourth-order valence-corrected chi connectivity index (χ4v) is 6.33. The highest BCUT2D eigenvalue weighted by Gasteiger charge is 2.79. The van der Waals surface area contributed by atoms with Crippen LogP contribution in [0.2, 0.25) is 0 Å². The van der Waals surface area contributed by atoms with Crippen LogP contribution >= 0.6 is 0 Å². The molecule has 0 amide bonds. The number of likely N-dealkylation sites (tertiary alicyclic amines) is 1. The zero-order chi connectivity index (χ0) is 25.4. The van der Waals surface area contributed by atoms with Gasteiger partial charge in [-0.3, -0.25) is 9.69 Å². The summed E-state index contributed by atoms with van der Waals surface area (Å²) in [6.45, 7) is 4.29. The molecule has 2 aromatic carbocycles. The smallest absolute Gasteiger partial charge is 0.341 e. The maximum absolute atomic E-state index is 14.5. The first-order valence-corrected chi connectivity index (χ1v) is 11.8. The number of methoxy groups -OCH3 is 2. The Hall–Kier alpha value is -3.29. The number of nitrogens with zero attached hydrogens (tertiary/aromatic N) is 1. The summed E-state index contributed by atoms with van der Waals surface area (Å²) in [5.41, 5.74) is -1.81. The predicted octanol–water partition coefficient (Wildman–Crippen LogP) is 2.77. The second-order valence-electron chi connectivity index (χ2n) is 9.11. The quantitative estimate of drug-likeness (QED) is 0.372. The molecular formula is C28H31NO6. The summed E-state index contributed by atoms with van der Waals surface area (Å²) in [7, 11) is 2.47. The zero-order valence-electron chi connectivity index (χ0n) is 20.5. The predicted molar refractivity (Wildman–Crippen MR) is 130 cm³/mol. The Morgan fingerprint density at radius 1 is 1.06 bits per heavy atom. The highest BCUT2D eigenvalue weighted by molar-refractivity contribution is 6.37. The van der Waals surface area contributed by atoms with Crippen molar-refractivity contribution in [2.45, 2.75) is 37.3 Å². The van der Waals surface area contributed by atoms with Gasteiger partial charge in [-0.15, -0.1) is 0 Å². The van der Waals surface area contributed by atoms with E-state index in [-0.39, 0.29) is 12.1 Å². The lowest BCUT2D eigenvalue weighted by atomic mass is 9.57. The summed E-state index contributed by atoms with van der Waals surface area (Å²) < 4.78 is 10.4. The molecule has 35 heavy (non-hydrogen) atoms. The molecule has 7 nitrogen and oxygen atoms in total. The number of ether oxygens (including phenoxy) is 2. The number of fused-ring (bicyclic) bond motifs is 1. The Balaban J connectivity index is 2.27. The van der Waals surface area contributed by atoms with Crippen molar-refractivity contribution in [1.82, 2.24) is 4.90 Å². The topological polar surface area (TPSA) is 93.1 Å². The van der Waals surface area contributed by atoms with Crippen molar-refractivity contribution >= 4 is 23.3 Å². The maximum Gasteiger partial charge on any atom is 0.341 e. The van der Waals surface area contributed by atoms with Gasteiger partial charge in [-0.25, -0.2) is 9.59 Å². The molecule has 7 heteroatoms. The van der Waals surface area contributed by atoms with Crippen LogP contribution in [0.1, 0.15) is 31.4 Å². The highest BCUT2D eigenvalue weighted by Crippen LogP contribution is 2.65. The molecule has 1 fully saturated rings. The number of hydrogen-bond acceptors (Lipinski definition) is 7. The number of ketones is 1. The van der Waals surface area contributed by atoms with E-state index in [2.05, 4.69) is 0 Å². The van der Waals surface area contributed by atoms with Crippen molar-refractivity contribution in [2.75, 3.05) is 27.3 Å². The molecule has 1 heterocycles. The standard InChI is InChI=1S/C28H31NO6/c1-5-16-29-17-21(18(2)30)27(20-14-10-7-11-15-20)23(19-12-8-6-9-13-19)22(25(32)34-3)24(31)28(27,29)26(33)35-4/h6-15,18,21,30H,5,16-17H2,1-4H3/t18-,21-,27-,28-/m1/s1. The van der Waals surface area contributed by atoms with Crippen LogP contribution in [0.5, 0.6) is 0 Å². The van der Waals surface area contributed by atoms with Crippen molar-refractivity contribution < 1.29 is 29.0 Å². The monoisotopic (exact) mass is 477 g/mol. The number of carbonyl (C=O) groups excluding carboxylic acids is 3. The van der Waals surface area contributed by atoms with Crippen LogP contribution in [0.25, 0.3) is 5.57 Å². The normalized spacial score (nSPS) is 27.0. The average Bonchev–Trinajstić information content (AvgIpc) is 3.31. The molecule has 2 aliphatic rings. The minimum absolute atomic E-state index is 0.181. The van der Waals surface area contributed by atoms with E-state index in [1.807, 2.05) is 67.6 Å². The Bertz CT molecular complexity index is 1160. The van der Waals surface area contributed by atoms with E-state index in [0.717, 1.165) is 0 Å². The van der Waals surface area contributed by atoms with E-state index >= 15 is 0 Å². The third-order valence-corrected chi connectivity index (χ3v) is 7.46. The van der Waals surface area contributed by atoms with Crippen molar-refractivity contribution in [3.05, 3.63) is 77.4 Å². The lowest BCUT2D eigenvalue weighted by Crippen LogP contribution is -2.65. The number of aliphatic hydroxyl groups is 1. The Labute approximate surface area is 205 Å². The number of Topliss-reactive ketones (excluding diaryl/α,β-unsaturated/α-hetero) is 1. The minimum Gasteiger partial charge on any atom is -0.467 e. The first-order valence-electron chi connectivity index (χ1n) is 11.8. The van der Waals surface area contributed by atoms with E-state index in [1.165, 1.54) is 14.2 Å². The van der Waals surface area contributed by atoms with Gasteiger partial charge in [0.2, 0.25) is 5.78 Å². The van der Waals surface area contributed by atoms with E-state index in [4.69, 9.17) is 9.47 Å². The largest absolute Gasteiger partial charge is 0.467 e. The molecule has 0 spiro atoms. The summed E-state index contributed by atoms with van der Waals surface area (Å²) in [6.07, 6.45) is -0.262. The van der Waals surface area contributed by atoms with E-state index < -0.39 is 40.7 Å². The Morgan fingerprint density at radius 3 is 2.17 bits per heavy atom. The third kappa shape index (κ3) is 3.22. The minimum atomic E-state index is -1.88. The Morgan fingerprint density at radius 2 is 1.66 bits per heavy atom. The highest BCUT2D eigenvalue weighted by atomic mass is 16.5. The molecule has 0 aromatic heterocycles. The van der Waals surface area contributed by atoms with Crippen LogP contribution in [-0.2, 0) is 29.3 Å². The first kappa shape index (κ1) is 24.8. The molecule has 1 saturated heterocycles. The van der Waals surface area contributed by atoms with Crippen LogP contribution in [-0.4, -0.2) is 66.7 Å². The molecule has 0 unspecified atom stereocenters. The third-order valence-electron chi connectivity index (χ3n) is 7.46. The van der Waals surface area contributed by atoms with Gasteiger partial charge in [0, 0.05) is 12.5 Å². The van der Waals surface area contributed by atoms with Crippen LogP contribution in [0, 0.1) is 5.92 Å². The second kappa shape index (κ2) is 9.40. The van der Waals surface area contributed by atoms with Crippen molar-refractivity contribution in [2.24, 2.45) is 5.92 Å². The zero-order valence-corrected chi connectivity index (χ0v) is 20.5. The first-order chi connectivity index (χ1) is 16.8. The fourth-order valence-electron chi connectivity index (χ4n) is 6.33. The summed E-state index contributed by atoms with van der Waals surface area (Å²) in [4.78, 5) is 43.6. The average molecular weight is 478 g/mol. The van der Waals surface area contributed by atoms with Gasteiger partial charge in [0.25, 0.3) is 0 Å². The molecule has 2 aromatic rings. The summed E-state index contributed by atoms with van der Waals surface area (Å²) in [5.74, 6) is -2.83. The van der Waals surface area contributed by atoms with Crippen LogP contribution in [0.4, 0.5) is 0 Å². The number of hydrogen-bond donors (Lipinski definition) is 1. The van der Waals surface area contributed by atoms with Gasteiger partial charge in [0.15, 0.2) is 5.54 Å². The molecule has 4 rings (SSSR count). The van der Waals surface area contributed by atoms with Gasteiger partial charge in [-0.1, -0.05) is 67.6 Å². The van der Waals surface area contributed by atoms with Gasteiger partial charge in [0.1, 0.15) is 5.57 Å². The molecule has 0 radical (unpaired) electrons. The molecule has 1 aliphatic carbocycles. The Kier molecular flexibility index (Phi) is 6.66. The molecule has 0 bridgehead atoms. The lowest BCUT2D eigenvalue weighted by Gasteiger charge is -2.46. The second-order valence-corrected chi connectivity index (χ2v) is 9.11. The van der Waals surface area contributed by atoms with E-state index in [9.17, 15) is 19.5 Å². The van der Waals surface area contributed by atoms with E-state index in [0.29, 0.717) is 29.7 Å². The molecule has 4 atom stereocenters. The van der Waals surface area contributed by atoms with Crippen molar-refractivity contribution in [3.63, 3.8) is 0 Å². The van der Waals surface area contributed by atoms with Gasteiger partial charge < -0.3 is 14.6 Å².